The molecule has 1 N–H and O–H groups in total. The van der Waals surface area contributed by atoms with E-state index in [4.69, 9.17) is 10.00 Å². The molecule has 0 radical (unpaired) electrons. The fourth-order valence-corrected chi connectivity index (χ4v) is 5.71. The summed E-state index contributed by atoms with van der Waals surface area (Å²) in [4.78, 5) is 42.3. The van der Waals surface area contributed by atoms with Crippen molar-refractivity contribution in [3.8, 4) is 11.8 Å². The second kappa shape index (κ2) is 13.5. The normalized spacial score (nSPS) is 15.5. The highest BCUT2D eigenvalue weighted by molar-refractivity contribution is 6.02. The fourth-order valence-electron chi connectivity index (χ4n) is 5.71. The SMILES string of the molecule is CCCC(C(=O)NC=O)N1Cc2c(OCc3ccc(CN4CCN(c5ccc(C#N)cc5F)CC4)cc3)cccc2C1=O. The summed E-state index contributed by atoms with van der Waals surface area (Å²) in [7, 11) is 0. The predicted molar refractivity (Wildman–Crippen MR) is 159 cm³/mol. The molecule has 10 heteroatoms. The number of piperazine rings is 1. The van der Waals surface area contributed by atoms with Crippen LogP contribution in [-0.2, 0) is 29.3 Å². The Morgan fingerprint density at radius 1 is 1.09 bits per heavy atom. The second-order valence-corrected chi connectivity index (χ2v) is 10.8. The number of anilines is 1. The highest BCUT2D eigenvalue weighted by Crippen LogP contribution is 2.33. The number of carbonyl (C=O) groups excluding carboxylic acids is 3. The van der Waals surface area contributed by atoms with E-state index in [1.165, 1.54) is 16.5 Å². The molecule has 222 valence electrons. The van der Waals surface area contributed by atoms with Crippen LogP contribution >= 0.6 is 0 Å². The Morgan fingerprint density at radius 3 is 2.51 bits per heavy atom. The van der Waals surface area contributed by atoms with E-state index in [2.05, 4.69) is 22.3 Å². The monoisotopic (exact) mass is 583 g/mol. The van der Waals surface area contributed by atoms with E-state index in [0.29, 0.717) is 61.5 Å². The third-order valence-electron chi connectivity index (χ3n) is 8.01. The summed E-state index contributed by atoms with van der Waals surface area (Å²) in [5, 5.41) is 11.2. The molecule has 0 spiro atoms. The van der Waals surface area contributed by atoms with Gasteiger partial charge in [0.05, 0.1) is 23.9 Å². The second-order valence-electron chi connectivity index (χ2n) is 10.8. The molecule has 2 heterocycles. The zero-order valence-electron chi connectivity index (χ0n) is 24.1. The number of amides is 3. The van der Waals surface area contributed by atoms with E-state index < -0.39 is 11.9 Å². The minimum atomic E-state index is -0.726. The number of carbonyl (C=O) groups is 3. The van der Waals surface area contributed by atoms with E-state index in [9.17, 15) is 18.8 Å². The van der Waals surface area contributed by atoms with Crippen LogP contribution in [0.15, 0.2) is 60.7 Å². The quantitative estimate of drug-likeness (QED) is 0.340. The molecular formula is C33H34FN5O4. The number of fused-ring (bicyclic) bond motifs is 1. The third-order valence-corrected chi connectivity index (χ3v) is 8.01. The molecule has 1 saturated heterocycles. The molecule has 3 amide bonds. The van der Waals surface area contributed by atoms with E-state index in [1.54, 1.807) is 24.3 Å². The van der Waals surface area contributed by atoms with Crippen molar-refractivity contribution in [2.75, 3.05) is 31.1 Å². The van der Waals surface area contributed by atoms with Gasteiger partial charge in [-0.2, -0.15) is 5.26 Å². The number of rotatable bonds is 11. The highest BCUT2D eigenvalue weighted by Gasteiger charge is 2.37. The van der Waals surface area contributed by atoms with E-state index in [-0.39, 0.29) is 18.3 Å². The average Bonchev–Trinajstić information content (AvgIpc) is 3.36. The summed E-state index contributed by atoms with van der Waals surface area (Å²) < 4.78 is 20.6. The lowest BCUT2D eigenvalue weighted by atomic mass is 10.1. The molecule has 3 aromatic rings. The van der Waals surface area contributed by atoms with Gasteiger partial charge in [0.15, 0.2) is 0 Å². The highest BCUT2D eigenvalue weighted by atomic mass is 19.1. The Balaban J connectivity index is 1.15. The van der Waals surface area contributed by atoms with Crippen molar-refractivity contribution >= 4 is 23.9 Å². The first-order valence-corrected chi connectivity index (χ1v) is 14.5. The molecule has 43 heavy (non-hydrogen) atoms. The smallest absolute Gasteiger partial charge is 0.255 e. The standard InChI is InChI=1S/C33H34FN5O4/c1-2-4-30(32(41)36-22-40)39-20-27-26(33(39)42)5-3-6-31(27)43-21-24-9-7-23(8-10-24)19-37-13-15-38(16-14-37)29-12-11-25(18-35)17-28(29)34/h3,5-12,17,22,30H,2,4,13-16,19-21H2,1H3,(H,36,40,41). The molecule has 3 aromatic carbocycles. The number of hydrogen-bond donors (Lipinski definition) is 1. The predicted octanol–water partition coefficient (Wildman–Crippen LogP) is 4.00. The van der Waals surface area contributed by atoms with Gasteiger partial charge in [-0.1, -0.05) is 43.7 Å². The van der Waals surface area contributed by atoms with Crippen LogP contribution in [0.25, 0.3) is 0 Å². The number of nitrogens with one attached hydrogen (secondary N) is 1. The van der Waals surface area contributed by atoms with Gasteiger partial charge in [-0.3, -0.25) is 24.6 Å². The maximum absolute atomic E-state index is 14.4. The Morgan fingerprint density at radius 2 is 1.84 bits per heavy atom. The summed E-state index contributed by atoms with van der Waals surface area (Å²) >= 11 is 0. The number of nitriles is 1. The van der Waals surface area contributed by atoms with E-state index >= 15 is 0 Å². The first-order chi connectivity index (χ1) is 20.9. The number of nitrogens with zero attached hydrogens (tertiary/aromatic N) is 4. The summed E-state index contributed by atoms with van der Waals surface area (Å²) in [5.41, 5.74) is 4.26. The van der Waals surface area contributed by atoms with Crippen LogP contribution < -0.4 is 15.0 Å². The molecule has 0 bridgehead atoms. The van der Waals surface area contributed by atoms with Crippen molar-refractivity contribution < 1.29 is 23.5 Å². The van der Waals surface area contributed by atoms with Gasteiger partial charge in [-0.05, 0) is 47.9 Å². The zero-order valence-corrected chi connectivity index (χ0v) is 24.1. The van der Waals surface area contributed by atoms with Gasteiger partial charge in [-0.15, -0.1) is 0 Å². The number of benzene rings is 3. The van der Waals surface area contributed by atoms with Gasteiger partial charge >= 0.3 is 0 Å². The van der Waals surface area contributed by atoms with Crippen molar-refractivity contribution in [1.82, 2.24) is 15.1 Å². The Hall–Kier alpha value is -4.75. The number of ether oxygens (including phenoxy) is 1. The lowest BCUT2D eigenvalue weighted by Crippen LogP contribution is -2.46. The van der Waals surface area contributed by atoms with Gasteiger partial charge in [0, 0.05) is 43.9 Å². The first kappa shape index (κ1) is 29.7. The molecule has 0 aromatic heterocycles. The van der Waals surface area contributed by atoms with Crippen LogP contribution in [0.4, 0.5) is 10.1 Å². The van der Waals surface area contributed by atoms with Crippen LogP contribution in [0.1, 0.15) is 52.4 Å². The Bertz CT molecular complexity index is 1530. The van der Waals surface area contributed by atoms with Crippen molar-refractivity contribution in [3.05, 3.63) is 94.3 Å². The van der Waals surface area contributed by atoms with Gasteiger partial charge in [0.25, 0.3) is 5.91 Å². The molecule has 5 rings (SSSR count). The zero-order chi connectivity index (χ0) is 30.3. The fraction of sp³-hybridized carbons (Fsp3) is 0.333. The topological polar surface area (TPSA) is 106 Å². The average molecular weight is 584 g/mol. The summed E-state index contributed by atoms with van der Waals surface area (Å²) in [6.07, 6.45) is 1.48. The largest absolute Gasteiger partial charge is 0.489 e. The van der Waals surface area contributed by atoms with Crippen molar-refractivity contribution in [2.24, 2.45) is 0 Å². The van der Waals surface area contributed by atoms with Crippen molar-refractivity contribution in [3.63, 3.8) is 0 Å². The molecule has 0 saturated carbocycles. The summed E-state index contributed by atoms with van der Waals surface area (Å²) in [5.74, 6) is -0.493. The maximum Gasteiger partial charge on any atom is 0.255 e. The third kappa shape index (κ3) is 6.68. The molecule has 2 aliphatic rings. The molecule has 1 atom stereocenters. The van der Waals surface area contributed by atoms with Crippen LogP contribution in [0, 0.1) is 17.1 Å². The molecule has 0 aliphatic carbocycles. The van der Waals surface area contributed by atoms with Gasteiger partial charge < -0.3 is 14.5 Å². The molecule has 2 aliphatic heterocycles. The van der Waals surface area contributed by atoms with Gasteiger partial charge in [0.2, 0.25) is 12.3 Å². The van der Waals surface area contributed by atoms with Crippen LogP contribution in [0.2, 0.25) is 0 Å². The van der Waals surface area contributed by atoms with E-state index in [1.807, 2.05) is 36.1 Å². The minimum Gasteiger partial charge on any atom is -0.489 e. The summed E-state index contributed by atoms with van der Waals surface area (Å²) in [6.45, 7) is 6.29. The Kier molecular flexibility index (Phi) is 9.32. The lowest BCUT2D eigenvalue weighted by Gasteiger charge is -2.36. The number of imide groups is 1. The molecule has 9 nitrogen and oxygen atoms in total. The van der Waals surface area contributed by atoms with Crippen molar-refractivity contribution in [2.45, 2.75) is 45.5 Å². The first-order valence-electron chi connectivity index (χ1n) is 14.5. The lowest BCUT2D eigenvalue weighted by molar-refractivity contribution is -0.129. The minimum absolute atomic E-state index is 0.241. The van der Waals surface area contributed by atoms with Gasteiger partial charge in [0.1, 0.15) is 24.2 Å². The maximum atomic E-state index is 14.4. The number of hydrogen-bond acceptors (Lipinski definition) is 7. The van der Waals surface area contributed by atoms with E-state index in [0.717, 1.165) is 30.8 Å². The van der Waals surface area contributed by atoms with Crippen LogP contribution in [0.5, 0.6) is 5.75 Å². The van der Waals surface area contributed by atoms with Crippen LogP contribution in [-0.4, -0.2) is 60.2 Å². The summed E-state index contributed by atoms with van der Waals surface area (Å²) in [6, 6.07) is 19.4. The van der Waals surface area contributed by atoms with Gasteiger partial charge in [-0.25, -0.2) is 4.39 Å². The Labute approximate surface area is 250 Å². The molecular weight excluding hydrogens is 549 g/mol. The molecule has 1 unspecified atom stereocenters. The van der Waals surface area contributed by atoms with Crippen LogP contribution in [0.3, 0.4) is 0 Å². The molecule has 1 fully saturated rings. The van der Waals surface area contributed by atoms with Crippen molar-refractivity contribution in [1.29, 1.82) is 5.26 Å². The number of halogens is 1.